The number of hydrogen-bond acceptors (Lipinski definition) is 3. The van der Waals surface area contributed by atoms with Crippen molar-refractivity contribution in [3.63, 3.8) is 0 Å². The van der Waals surface area contributed by atoms with Gasteiger partial charge in [0, 0.05) is 41.9 Å². The molecule has 0 atom stereocenters. The molecule has 6 nitrogen and oxygen atoms in total. The lowest BCUT2D eigenvalue weighted by atomic mass is 10.1. The molecule has 1 N–H and O–H groups in total. The van der Waals surface area contributed by atoms with E-state index < -0.39 is 5.91 Å². The smallest absolute Gasteiger partial charge is 0.276 e. The lowest BCUT2D eigenvalue weighted by molar-refractivity contribution is 0.0953. The van der Waals surface area contributed by atoms with Gasteiger partial charge in [-0.15, -0.1) is 0 Å². The van der Waals surface area contributed by atoms with Gasteiger partial charge in [0.1, 0.15) is 5.56 Å². The van der Waals surface area contributed by atoms with E-state index in [4.69, 9.17) is 0 Å². The van der Waals surface area contributed by atoms with Crippen molar-refractivity contribution in [3.8, 4) is 0 Å². The van der Waals surface area contributed by atoms with Crippen molar-refractivity contribution in [1.29, 1.82) is 0 Å². The van der Waals surface area contributed by atoms with Gasteiger partial charge in [-0.1, -0.05) is 18.2 Å². The minimum absolute atomic E-state index is 0.0798. The number of nitrogens with zero attached hydrogens (tertiary/aromatic N) is 3. The summed E-state index contributed by atoms with van der Waals surface area (Å²) >= 11 is 0. The van der Waals surface area contributed by atoms with Crippen LogP contribution in [0.5, 0.6) is 0 Å². The normalized spacial score (nSPS) is 11.3. The Labute approximate surface area is 145 Å². The third-order valence-electron chi connectivity index (χ3n) is 4.41. The lowest BCUT2D eigenvalue weighted by Crippen LogP contribution is -2.30. The van der Waals surface area contributed by atoms with Gasteiger partial charge in [-0.05, 0) is 32.0 Å². The van der Waals surface area contributed by atoms with Crippen LogP contribution in [-0.4, -0.2) is 21.3 Å². The predicted octanol–water partition coefficient (Wildman–Crippen LogP) is 2.43. The third-order valence-corrected chi connectivity index (χ3v) is 4.41. The minimum atomic E-state index is -0.512. The number of hydrogen-bond donors (Lipinski definition) is 1. The molecule has 1 aromatic carbocycles. The van der Waals surface area contributed by atoms with Crippen molar-refractivity contribution >= 4 is 23.0 Å². The van der Waals surface area contributed by atoms with Crippen LogP contribution in [0.25, 0.3) is 10.9 Å². The SMILES string of the molecule is CCn1cccc(C(=O)N/N=C\c2c(C)n(C)c3ccccc23)c1=O. The average molecular weight is 336 g/mol. The second-order valence-corrected chi connectivity index (χ2v) is 5.79. The van der Waals surface area contributed by atoms with Crippen LogP contribution in [0.4, 0.5) is 0 Å². The number of pyridine rings is 1. The number of carbonyl (C=O) groups is 1. The fourth-order valence-electron chi connectivity index (χ4n) is 2.89. The molecule has 0 bridgehead atoms. The Bertz CT molecular complexity index is 1030. The first-order chi connectivity index (χ1) is 12.0. The Balaban J connectivity index is 1.86. The molecule has 0 unspecified atom stereocenters. The van der Waals surface area contributed by atoms with E-state index in [1.165, 1.54) is 10.6 Å². The van der Waals surface area contributed by atoms with E-state index in [9.17, 15) is 9.59 Å². The second kappa shape index (κ2) is 6.76. The van der Waals surface area contributed by atoms with E-state index in [1.54, 1.807) is 18.5 Å². The molecule has 0 aliphatic rings. The minimum Gasteiger partial charge on any atom is -0.347 e. The topological polar surface area (TPSA) is 68.4 Å². The number of aromatic nitrogens is 2. The van der Waals surface area contributed by atoms with Gasteiger partial charge in [-0.25, -0.2) is 5.43 Å². The maximum atomic E-state index is 12.2. The summed E-state index contributed by atoms with van der Waals surface area (Å²) in [5.41, 5.74) is 5.30. The number of benzene rings is 1. The first-order valence-corrected chi connectivity index (χ1v) is 8.11. The molecule has 0 spiro atoms. The molecule has 25 heavy (non-hydrogen) atoms. The van der Waals surface area contributed by atoms with E-state index in [0.717, 1.165) is 22.2 Å². The summed E-state index contributed by atoms with van der Waals surface area (Å²) in [6, 6.07) is 11.2. The first-order valence-electron chi connectivity index (χ1n) is 8.11. The molecule has 0 fully saturated rings. The van der Waals surface area contributed by atoms with Crippen molar-refractivity contribution in [2.24, 2.45) is 12.1 Å². The number of para-hydroxylation sites is 1. The van der Waals surface area contributed by atoms with Crippen LogP contribution in [0, 0.1) is 6.92 Å². The lowest BCUT2D eigenvalue weighted by Gasteiger charge is -2.04. The molecule has 3 aromatic rings. The summed E-state index contributed by atoms with van der Waals surface area (Å²) in [4.78, 5) is 24.4. The zero-order valence-corrected chi connectivity index (χ0v) is 14.5. The average Bonchev–Trinajstić information content (AvgIpc) is 2.87. The van der Waals surface area contributed by atoms with Crippen molar-refractivity contribution in [1.82, 2.24) is 14.6 Å². The summed E-state index contributed by atoms with van der Waals surface area (Å²) in [5.74, 6) is -0.512. The Morgan fingerprint density at radius 1 is 1.24 bits per heavy atom. The van der Waals surface area contributed by atoms with Crippen LogP contribution in [0.2, 0.25) is 0 Å². The molecule has 0 saturated carbocycles. The third kappa shape index (κ3) is 2.98. The second-order valence-electron chi connectivity index (χ2n) is 5.79. The van der Waals surface area contributed by atoms with E-state index >= 15 is 0 Å². The molecule has 3 rings (SSSR count). The van der Waals surface area contributed by atoms with Crippen LogP contribution in [-0.2, 0) is 13.6 Å². The molecular formula is C19H20N4O2. The summed E-state index contributed by atoms with van der Waals surface area (Å²) in [6.45, 7) is 4.36. The highest BCUT2D eigenvalue weighted by molar-refractivity contribution is 6.02. The van der Waals surface area contributed by atoms with E-state index in [1.807, 2.05) is 45.2 Å². The van der Waals surface area contributed by atoms with Gasteiger partial charge < -0.3 is 9.13 Å². The number of nitrogens with one attached hydrogen (secondary N) is 1. The zero-order chi connectivity index (χ0) is 18.0. The maximum Gasteiger partial charge on any atom is 0.276 e. The monoisotopic (exact) mass is 336 g/mol. The number of amides is 1. The van der Waals surface area contributed by atoms with Crippen LogP contribution >= 0.6 is 0 Å². The van der Waals surface area contributed by atoms with Gasteiger partial charge in [0.15, 0.2) is 0 Å². The highest BCUT2D eigenvalue weighted by atomic mass is 16.2. The van der Waals surface area contributed by atoms with E-state index in [0.29, 0.717) is 6.54 Å². The van der Waals surface area contributed by atoms with Crippen molar-refractivity contribution < 1.29 is 4.79 Å². The standard InChI is InChI=1S/C19H20N4O2/c1-4-23-11-7-9-15(19(23)25)18(24)21-20-12-16-13(2)22(3)17-10-6-5-8-14(16)17/h5-12H,4H2,1-3H3,(H,21,24)/b20-12-. The molecule has 2 heterocycles. The Hall–Kier alpha value is -3.15. The highest BCUT2D eigenvalue weighted by Gasteiger charge is 2.12. The molecule has 0 saturated heterocycles. The molecule has 2 aromatic heterocycles. The fourth-order valence-corrected chi connectivity index (χ4v) is 2.89. The molecule has 6 heteroatoms. The summed E-state index contributed by atoms with van der Waals surface area (Å²) in [5, 5.41) is 5.12. The molecule has 128 valence electrons. The Kier molecular flexibility index (Phi) is 4.52. The molecule has 0 aliphatic heterocycles. The van der Waals surface area contributed by atoms with Gasteiger partial charge >= 0.3 is 0 Å². The molecule has 0 aliphatic carbocycles. The Morgan fingerprint density at radius 2 is 2.00 bits per heavy atom. The molecular weight excluding hydrogens is 316 g/mol. The van der Waals surface area contributed by atoms with Crippen LogP contribution in [0.3, 0.4) is 0 Å². The quantitative estimate of drug-likeness (QED) is 0.587. The fraction of sp³-hybridized carbons (Fsp3) is 0.211. The largest absolute Gasteiger partial charge is 0.347 e. The van der Waals surface area contributed by atoms with Crippen molar-refractivity contribution in [2.75, 3.05) is 0 Å². The maximum absolute atomic E-state index is 12.2. The van der Waals surface area contributed by atoms with E-state index in [2.05, 4.69) is 15.1 Å². The van der Waals surface area contributed by atoms with Gasteiger partial charge in [-0.3, -0.25) is 9.59 Å². The van der Waals surface area contributed by atoms with Crippen LogP contribution in [0.15, 0.2) is 52.5 Å². The summed E-state index contributed by atoms with van der Waals surface area (Å²) in [6.07, 6.45) is 3.28. The van der Waals surface area contributed by atoms with Gasteiger partial charge in [0.2, 0.25) is 0 Å². The van der Waals surface area contributed by atoms with Crippen LogP contribution in [0.1, 0.15) is 28.5 Å². The number of rotatable bonds is 4. The van der Waals surface area contributed by atoms with E-state index in [-0.39, 0.29) is 11.1 Å². The zero-order valence-electron chi connectivity index (χ0n) is 14.5. The number of fused-ring (bicyclic) bond motifs is 1. The molecule has 0 radical (unpaired) electrons. The first kappa shape index (κ1) is 16.7. The number of hydrazone groups is 1. The van der Waals surface area contributed by atoms with Crippen molar-refractivity contribution in [2.45, 2.75) is 20.4 Å². The predicted molar refractivity (Wildman–Crippen MR) is 99.1 cm³/mol. The summed E-state index contributed by atoms with van der Waals surface area (Å²) in [7, 11) is 1.99. The number of carbonyl (C=O) groups excluding carboxylic acids is 1. The van der Waals surface area contributed by atoms with Gasteiger partial charge in [0.25, 0.3) is 11.5 Å². The highest BCUT2D eigenvalue weighted by Crippen LogP contribution is 2.22. The van der Waals surface area contributed by atoms with Crippen molar-refractivity contribution in [3.05, 3.63) is 69.8 Å². The van der Waals surface area contributed by atoms with Crippen LogP contribution < -0.4 is 11.0 Å². The Morgan fingerprint density at radius 3 is 2.76 bits per heavy atom. The number of aryl methyl sites for hydroxylation is 2. The van der Waals surface area contributed by atoms with Gasteiger partial charge in [-0.2, -0.15) is 5.10 Å². The van der Waals surface area contributed by atoms with Gasteiger partial charge in [0.05, 0.1) is 6.21 Å². The summed E-state index contributed by atoms with van der Waals surface area (Å²) < 4.78 is 3.56. The molecule has 1 amide bonds.